The molecular weight excluding hydrogens is 606 g/mol. The number of aromatic nitrogens is 2. The summed E-state index contributed by atoms with van der Waals surface area (Å²) in [5.74, 6) is -5.64. The highest BCUT2D eigenvalue weighted by molar-refractivity contribution is 7.84. The fourth-order valence-electron chi connectivity index (χ4n) is 3.55. The van der Waals surface area contributed by atoms with Crippen LogP contribution in [0.15, 0.2) is 27.6 Å². The molecule has 0 aliphatic carbocycles. The van der Waals surface area contributed by atoms with Crippen molar-refractivity contribution in [1.29, 1.82) is 0 Å². The van der Waals surface area contributed by atoms with Crippen molar-refractivity contribution in [1.82, 2.24) is 24.7 Å². The summed E-state index contributed by atoms with van der Waals surface area (Å²) in [5.41, 5.74) is 2.17. The molecule has 19 nitrogen and oxygen atoms in total. The lowest BCUT2D eigenvalue weighted by Crippen LogP contribution is -2.66. The molecule has 2 atom stereocenters. The van der Waals surface area contributed by atoms with Gasteiger partial charge in [-0.3, -0.25) is 18.9 Å². The molecule has 228 valence electrons. The van der Waals surface area contributed by atoms with Gasteiger partial charge in [-0.15, -0.1) is 11.3 Å². The number of ketones is 1. The van der Waals surface area contributed by atoms with E-state index >= 15 is 0 Å². The minimum Gasteiger partial charge on any atom is -0.503 e. The van der Waals surface area contributed by atoms with Crippen LogP contribution < -0.4 is 21.8 Å². The number of urea groups is 1. The third-order valence-corrected chi connectivity index (χ3v) is 7.48. The van der Waals surface area contributed by atoms with Crippen LogP contribution in [0.5, 0.6) is 5.75 Å². The molecule has 8 N–H and O–H groups in total. The first kappa shape index (κ1) is 31.8. The van der Waals surface area contributed by atoms with Crippen molar-refractivity contribution >= 4 is 56.2 Å². The number of oxime groups is 1. The lowest BCUT2D eigenvalue weighted by atomic mass is 9.84. The highest BCUT2D eigenvalue weighted by Gasteiger charge is 2.54. The topological polar surface area (TPSA) is 293 Å². The fourth-order valence-corrected chi connectivity index (χ4v) is 5.03. The van der Waals surface area contributed by atoms with Crippen molar-refractivity contribution in [3.63, 3.8) is 0 Å². The van der Waals surface area contributed by atoms with Crippen molar-refractivity contribution in [3.8, 4) is 5.75 Å². The first-order valence-electron chi connectivity index (χ1n) is 11.6. The minimum atomic E-state index is -5.10. The Kier molecular flexibility index (Phi) is 9.08. The quantitative estimate of drug-likeness (QED) is 0.0461. The highest BCUT2D eigenvalue weighted by Crippen LogP contribution is 2.32. The first-order chi connectivity index (χ1) is 19.4. The number of carboxylic acid groups (broad SMARTS) is 1. The number of pyridine rings is 1. The number of hydrogen-bond donors (Lipinski definition) is 7. The van der Waals surface area contributed by atoms with E-state index in [1.54, 1.807) is 0 Å². The molecule has 0 bridgehead atoms. The Hall–Kier alpha value is -4.76. The van der Waals surface area contributed by atoms with Crippen LogP contribution in [0.2, 0.25) is 0 Å². The van der Waals surface area contributed by atoms with E-state index in [9.17, 15) is 52.4 Å². The van der Waals surface area contributed by atoms with Gasteiger partial charge in [0.15, 0.2) is 22.4 Å². The number of amides is 3. The zero-order chi connectivity index (χ0) is 31.6. The number of hydrogen-bond acceptors (Lipinski definition) is 14. The first-order valence-corrected chi connectivity index (χ1v) is 13.9. The smallest absolute Gasteiger partial charge is 0.362 e. The Bertz CT molecular complexity index is 1620. The summed E-state index contributed by atoms with van der Waals surface area (Å²) in [6, 6.07) is -1.55. The van der Waals surface area contributed by atoms with Gasteiger partial charge in [0, 0.05) is 24.4 Å². The Morgan fingerprint density at radius 3 is 2.50 bits per heavy atom. The van der Waals surface area contributed by atoms with E-state index in [1.165, 1.54) is 5.38 Å². The number of nitrogens with two attached hydrogens (primary N) is 1. The molecule has 1 saturated heterocycles. The standard InChI is InChI=1S/C21H25N7O12S2/c1-21(2,18(33)34)40-26-16(11-8-41-19(22)25-11)14(30)4-10-12(28(17(10)32)42(37,38)39)6-24-20(35)23-5-9-3-13(29)15(31)7-27(9)36/h3,7-8,10,12,31,36H,4-6H2,1-2H3,(H2,22,25)(H,33,34)(H2,23,24,35)(H,37,38,39)/b26-16-/t10-,12+/m1/s1. The van der Waals surface area contributed by atoms with Crippen LogP contribution in [0.4, 0.5) is 9.93 Å². The normalized spacial score (nSPS) is 17.4. The van der Waals surface area contributed by atoms with E-state index in [2.05, 4.69) is 20.8 Å². The van der Waals surface area contributed by atoms with Crippen LogP contribution in [0.3, 0.4) is 0 Å². The second-order valence-electron chi connectivity index (χ2n) is 9.25. The number of anilines is 1. The maximum atomic E-state index is 13.2. The summed E-state index contributed by atoms with van der Waals surface area (Å²) >= 11 is 0.923. The second-order valence-corrected chi connectivity index (χ2v) is 11.4. The Balaban J connectivity index is 1.76. The molecule has 3 rings (SSSR count). The average molecular weight is 632 g/mol. The summed E-state index contributed by atoms with van der Waals surface area (Å²) in [6.45, 7) is 1.30. The predicted octanol–water partition coefficient (Wildman–Crippen LogP) is -1.50. The van der Waals surface area contributed by atoms with E-state index in [0.29, 0.717) is 10.9 Å². The summed E-state index contributed by atoms with van der Waals surface area (Å²) in [4.78, 5) is 69.9. The van der Waals surface area contributed by atoms with Gasteiger partial charge in [0.25, 0.3) is 0 Å². The van der Waals surface area contributed by atoms with Crippen LogP contribution in [0, 0.1) is 5.92 Å². The van der Waals surface area contributed by atoms with Crippen LogP contribution in [-0.4, -0.2) is 90.0 Å². The second kappa shape index (κ2) is 12.0. The number of β-lactam (4-membered cyclic amide) rings is 1. The molecule has 21 heteroatoms. The number of nitrogens with one attached hydrogen (secondary N) is 2. The number of rotatable bonds is 12. The molecule has 1 aliphatic heterocycles. The molecule has 1 aliphatic rings. The number of carbonyl (C=O) groups is 4. The van der Waals surface area contributed by atoms with E-state index in [-0.39, 0.29) is 20.8 Å². The number of carboxylic acids is 1. The van der Waals surface area contributed by atoms with Gasteiger partial charge in [0.1, 0.15) is 5.69 Å². The summed E-state index contributed by atoms with van der Waals surface area (Å²) in [6.07, 6.45) is -0.00965. The number of nitrogens with zero attached hydrogens (tertiary/aromatic N) is 4. The molecular formula is C21H25N7O12S2. The minimum absolute atomic E-state index is 0.0267. The molecule has 3 heterocycles. The van der Waals surface area contributed by atoms with Crippen LogP contribution in [0.25, 0.3) is 0 Å². The van der Waals surface area contributed by atoms with Gasteiger partial charge in [0.05, 0.1) is 30.4 Å². The summed E-state index contributed by atoms with van der Waals surface area (Å²) < 4.78 is 33.6. The molecule has 0 spiro atoms. The van der Waals surface area contributed by atoms with Crippen molar-refractivity contribution in [2.24, 2.45) is 11.1 Å². The van der Waals surface area contributed by atoms with Crippen LogP contribution in [-0.2, 0) is 36.1 Å². The molecule has 0 aromatic carbocycles. The molecule has 3 amide bonds. The van der Waals surface area contributed by atoms with Crippen molar-refractivity contribution in [2.45, 2.75) is 38.5 Å². The van der Waals surface area contributed by atoms with Crippen LogP contribution in [0.1, 0.15) is 31.7 Å². The lowest BCUT2D eigenvalue weighted by molar-refractivity contribution is -0.161. The van der Waals surface area contributed by atoms with Crippen molar-refractivity contribution < 1.29 is 52.4 Å². The summed E-state index contributed by atoms with van der Waals surface area (Å²) in [7, 11) is -5.10. The van der Waals surface area contributed by atoms with E-state index < -0.39 is 88.0 Å². The Morgan fingerprint density at radius 2 is 1.93 bits per heavy atom. The van der Waals surface area contributed by atoms with Gasteiger partial charge in [-0.2, -0.15) is 13.1 Å². The monoisotopic (exact) mass is 631 g/mol. The van der Waals surface area contributed by atoms with Crippen molar-refractivity contribution in [3.05, 3.63) is 39.3 Å². The number of nitrogen functional groups attached to an aromatic ring is 1. The van der Waals surface area contributed by atoms with Gasteiger partial charge >= 0.3 is 22.3 Å². The molecule has 0 unspecified atom stereocenters. The lowest BCUT2D eigenvalue weighted by Gasteiger charge is -2.44. The number of aliphatic carboxylic acids is 1. The van der Waals surface area contributed by atoms with Gasteiger partial charge in [-0.05, 0) is 13.8 Å². The largest absolute Gasteiger partial charge is 0.503 e. The zero-order valence-electron chi connectivity index (χ0n) is 21.7. The molecule has 2 aromatic heterocycles. The van der Waals surface area contributed by atoms with Gasteiger partial charge in [0.2, 0.25) is 16.9 Å². The van der Waals surface area contributed by atoms with Crippen LogP contribution >= 0.6 is 11.3 Å². The van der Waals surface area contributed by atoms with E-state index in [0.717, 1.165) is 31.3 Å². The SMILES string of the molecule is CC(C)(O/N=C(\C(=O)C[C@H]1C(=O)N(S(=O)(=O)O)[C@H]1CNC(=O)NCc1cc(=O)c(O)cn1O)c1csc(N)n1)C(=O)O. The number of Topliss-reactive ketones (excluding diaryl/α,β-unsaturated/α-hetero) is 1. The zero-order valence-corrected chi connectivity index (χ0v) is 23.4. The Labute approximate surface area is 240 Å². The average Bonchev–Trinajstić information content (AvgIpc) is 3.30. The third-order valence-electron chi connectivity index (χ3n) is 5.85. The molecule has 1 fully saturated rings. The number of carbonyl (C=O) groups excluding carboxylic acids is 3. The molecule has 0 radical (unpaired) electrons. The molecule has 42 heavy (non-hydrogen) atoms. The van der Waals surface area contributed by atoms with Crippen molar-refractivity contribution in [2.75, 3.05) is 12.3 Å². The van der Waals surface area contributed by atoms with Gasteiger partial charge < -0.3 is 36.6 Å². The van der Waals surface area contributed by atoms with E-state index in [4.69, 9.17) is 10.6 Å². The maximum absolute atomic E-state index is 13.2. The predicted molar refractivity (Wildman–Crippen MR) is 141 cm³/mol. The summed E-state index contributed by atoms with van der Waals surface area (Å²) in [5, 5.41) is 37.8. The maximum Gasteiger partial charge on any atom is 0.362 e. The van der Waals surface area contributed by atoms with Gasteiger partial charge in [-0.25, -0.2) is 18.9 Å². The van der Waals surface area contributed by atoms with E-state index in [1.807, 2.05) is 0 Å². The fraction of sp³-hybridized carbons (Fsp3) is 0.381. The Morgan fingerprint density at radius 1 is 1.26 bits per heavy atom. The highest BCUT2D eigenvalue weighted by atomic mass is 32.2. The molecule has 0 saturated carbocycles. The number of thiazole rings is 1. The van der Waals surface area contributed by atoms with Gasteiger partial charge in [-0.1, -0.05) is 5.16 Å². The third kappa shape index (κ3) is 7.11. The number of aromatic hydroxyl groups is 1. The molecule has 2 aromatic rings.